The van der Waals surface area contributed by atoms with Crippen LogP contribution in [0.5, 0.6) is 0 Å². The number of carbonyl (C=O) groups is 3. The van der Waals surface area contributed by atoms with Gasteiger partial charge in [0.1, 0.15) is 5.82 Å². The van der Waals surface area contributed by atoms with Gasteiger partial charge in [0.05, 0.1) is 18.8 Å². The summed E-state index contributed by atoms with van der Waals surface area (Å²) < 4.78 is 20.0. The lowest BCUT2D eigenvalue weighted by Gasteiger charge is -2.28. The number of halogens is 1. The largest absolute Gasteiger partial charge is 0.378 e. The zero-order valence-electron chi connectivity index (χ0n) is 21.1. The first-order valence-electron chi connectivity index (χ1n) is 12.4. The quantitative estimate of drug-likeness (QED) is 0.179. The molecule has 0 radical (unpaired) electrons. The minimum absolute atomic E-state index is 0.237. The smallest absolute Gasteiger partial charge is 0.274 e. The molecule has 3 amide bonds. The molecule has 4 rings (SSSR count). The second kappa shape index (κ2) is 13.3. The van der Waals surface area contributed by atoms with Crippen molar-refractivity contribution in [2.45, 2.75) is 6.54 Å². The van der Waals surface area contributed by atoms with Crippen molar-refractivity contribution in [1.82, 2.24) is 15.7 Å². The number of hydrogen-bond donors (Lipinski definition) is 3. The highest BCUT2D eigenvalue weighted by Gasteiger charge is 2.23. The second-order valence-corrected chi connectivity index (χ2v) is 8.80. The van der Waals surface area contributed by atoms with E-state index < -0.39 is 11.7 Å². The molecule has 1 aliphatic rings. The molecule has 3 aromatic carbocycles. The molecule has 0 saturated carbocycles. The Balaban J connectivity index is 1.42. The first-order chi connectivity index (χ1) is 18.9. The molecule has 0 atom stereocenters. The van der Waals surface area contributed by atoms with Crippen molar-refractivity contribution < 1.29 is 28.7 Å². The highest BCUT2D eigenvalue weighted by molar-refractivity contribution is 6.24. The lowest BCUT2D eigenvalue weighted by atomic mass is 10.00. The van der Waals surface area contributed by atoms with E-state index in [9.17, 15) is 18.8 Å². The van der Waals surface area contributed by atoms with Crippen LogP contribution < -0.4 is 10.8 Å². The van der Waals surface area contributed by atoms with E-state index in [2.05, 4.69) is 5.32 Å². The average Bonchev–Trinajstić information content (AvgIpc) is 2.98. The summed E-state index contributed by atoms with van der Waals surface area (Å²) in [5.74, 6) is -1.63. The van der Waals surface area contributed by atoms with Gasteiger partial charge < -0.3 is 15.0 Å². The highest BCUT2D eigenvalue weighted by atomic mass is 19.1. The van der Waals surface area contributed by atoms with Crippen LogP contribution in [0.3, 0.4) is 0 Å². The van der Waals surface area contributed by atoms with E-state index in [-0.39, 0.29) is 29.5 Å². The number of amides is 3. The Morgan fingerprint density at radius 1 is 0.923 bits per heavy atom. The molecule has 3 N–H and O–H groups in total. The summed E-state index contributed by atoms with van der Waals surface area (Å²) in [7, 11) is 0. The van der Waals surface area contributed by atoms with Gasteiger partial charge >= 0.3 is 0 Å². The summed E-state index contributed by atoms with van der Waals surface area (Å²) in [5.41, 5.74) is 4.65. The maximum absolute atomic E-state index is 14.6. The molecule has 0 unspecified atom stereocenters. The number of nitrogens with one attached hydrogen (secondary N) is 2. The summed E-state index contributed by atoms with van der Waals surface area (Å²) in [6, 6.07) is 19.9. The lowest BCUT2D eigenvalue weighted by molar-refractivity contribution is -0.128. The second-order valence-electron chi connectivity index (χ2n) is 8.80. The Morgan fingerprint density at radius 3 is 2.26 bits per heavy atom. The number of benzene rings is 3. The minimum Gasteiger partial charge on any atom is -0.378 e. The van der Waals surface area contributed by atoms with Crippen LogP contribution in [-0.4, -0.2) is 54.1 Å². The SMILES string of the molecule is O=C(C=Cc1ccc(/C=C(/C(=O)N2CCOCC2)c2ccccc2F)cc1)NCc1ccc(C(=O)NO)cc1. The number of ether oxygens (including phenoxy) is 1. The fourth-order valence-corrected chi connectivity index (χ4v) is 4.00. The molecule has 1 saturated heterocycles. The van der Waals surface area contributed by atoms with Crippen molar-refractivity contribution in [3.05, 3.63) is 113 Å². The van der Waals surface area contributed by atoms with Gasteiger partial charge in [-0.15, -0.1) is 0 Å². The van der Waals surface area contributed by atoms with Gasteiger partial charge in [0, 0.05) is 36.8 Å². The summed E-state index contributed by atoms with van der Waals surface area (Å²) >= 11 is 0. The fraction of sp³-hybridized carbons (Fsp3) is 0.167. The summed E-state index contributed by atoms with van der Waals surface area (Å²) in [6.45, 7) is 2.05. The highest BCUT2D eigenvalue weighted by Crippen LogP contribution is 2.24. The van der Waals surface area contributed by atoms with Crippen LogP contribution in [0.25, 0.3) is 17.7 Å². The summed E-state index contributed by atoms with van der Waals surface area (Å²) in [4.78, 5) is 38.6. The van der Waals surface area contributed by atoms with Crippen molar-refractivity contribution in [3.8, 4) is 0 Å². The molecule has 8 nitrogen and oxygen atoms in total. The van der Waals surface area contributed by atoms with Crippen molar-refractivity contribution in [3.63, 3.8) is 0 Å². The zero-order chi connectivity index (χ0) is 27.6. The fourth-order valence-electron chi connectivity index (χ4n) is 4.00. The van der Waals surface area contributed by atoms with Crippen LogP contribution in [0.15, 0.2) is 78.9 Å². The molecule has 3 aromatic rings. The topological polar surface area (TPSA) is 108 Å². The van der Waals surface area contributed by atoms with Crippen LogP contribution in [0.4, 0.5) is 4.39 Å². The van der Waals surface area contributed by atoms with Gasteiger partial charge in [0.15, 0.2) is 0 Å². The van der Waals surface area contributed by atoms with Gasteiger partial charge in [-0.3, -0.25) is 19.6 Å². The Morgan fingerprint density at radius 2 is 1.59 bits per heavy atom. The van der Waals surface area contributed by atoms with Gasteiger partial charge in [-0.2, -0.15) is 0 Å². The molecule has 1 fully saturated rings. The van der Waals surface area contributed by atoms with Crippen molar-refractivity contribution in [1.29, 1.82) is 0 Å². The molecule has 0 aliphatic carbocycles. The molecule has 200 valence electrons. The van der Waals surface area contributed by atoms with E-state index >= 15 is 0 Å². The molecule has 1 aliphatic heterocycles. The average molecular weight is 530 g/mol. The molecule has 1 heterocycles. The van der Waals surface area contributed by atoms with E-state index in [0.29, 0.717) is 31.9 Å². The third-order valence-electron chi connectivity index (χ3n) is 6.15. The van der Waals surface area contributed by atoms with Crippen molar-refractivity contribution in [2.24, 2.45) is 0 Å². The molecular weight excluding hydrogens is 501 g/mol. The monoisotopic (exact) mass is 529 g/mol. The lowest BCUT2D eigenvalue weighted by Crippen LogP contribution is -2.41. The van der Waals surface area contributed by atoms with E-state index in [1.54, 1.807) is 89.3 Å². The van der Waals surface area contributed by atoms with Gasteiger partial charge in [0.2, 0.25) is 5.91 Å². The van der Waals surface area contributed by atoms with Crippen molar-refractivity contribution >= 4 is 35.4 Å². The first kappa shape index (κ1) is 27.4. The Labute approximate surface area is 225 Å². The van der Waals surface area contributed by atoms with Gasteiger partial charge in [-0.1, -0.05) is 54.6 Å². The van der Waals surface area contributed by atoms with Crippen LogP contribution >= 0.6 is 0 Å². The van der Waals surface area contributed by atoms with E-state index in [0.717, 1.165) is 16.7 Å². The standard InChI is InChI=1S/C30H28FN3O5/c31-27-4-2-1-3-25(27)26(30(37)34-15-17-39-18-16-34)19-22-7-5-21(6-8-22)11-14-28(35)32-20-23-9-12-24(13-10-23)29(36)33-38/h1-14,19,38H,15-18,20H2,(H,32,35)(H,33,36)/b14-11?,26-19+. The maximum Gasteiger partial charge on any atom is 0.274 e. The summed E-state index contributed by atoms with van der Waals surface area (Å²) in [5, 5.41) is 11.4. The zero-order valence-corrected chi connectivity index (χ0v) is 21.1. The van der Waals surface area contributed by atoms with Crippen LogP contribution in [0, 0.1) is 5.82 Å². The number of nitrogens with zero attached hydrogens (tertiary/aromatic N) is 1. The number of hydrogen-bond acceptors (Lipinski definition) is 5. The molecule has 0 spiro atoms. The van der Waals surface area contributed by atoms with Crippen LogP contribution in [0.2, 0.25) is 0 Å². The first-order valence-corrected chi connectivity index (χ1v) is 12.4. The number of rotatable bonds is 8. The summed E-state index contributed by atoms with van der Waals surface area (Å²) in [6.07, 6.45) is 4.74. The molecule has 0 aromatic heterocycles. The Hall–Kier alpha value is -4.60. The van der Waals surface area contributed by atoms with Crippen LogP contribution in [-0.2, 0) is 20.9 Å². The third-order valence-corrected chi connectivity index (χ3v) is 6.15. The predicted octanol–water partition coefficient (Wildman–Crippen LogP) is 3.67. The number of carbonyl (C=O) groups excluding carboxylic acids is 3. The van der Waals surface area contributed by atoms with Gasteiger partial charge in [-0.25, -0.2) is 9.87 Å². The molecular formula is C30H28FN3O5. The van der Waals surface area contributed by atoms with E-state index in [4.69, 9.17) is 9.94 Å². The van der Waals surface area contributed by atoms with E-state index in [1.165, 1.54) is 12.1 Å². The molecule has 39 heavy (non-hydrogen) atoms. The van der Waals surface area contributed by atoms with Gasteiger partial charge in [-0.05, 0) is 47.0 Å². The molecule has 0 bridgehead atoms. The third kappa shape index (κ3) is 7.47. The number of morpholine rings is 1. The van der Waals surface area contributed by atoms with Crippen LogP contribution in [0.1, 0.15) is 32.6 Å². The van der Waals surface area contributed by atoms with Crippen molar-refractivity contribution in [2.75, 3.05) is 26.3 Å². The maximum atomic E-state index is 14.6. The number of hydroxylamine groups is 1. The Kier molecular flexibility index (Phi) is 9.34. The molecule has 9 heteroatoms. The van der Waals surface area contributed by atoms with Gasteiger partial charge in [0.25, 0.3) is 11.8 Å². The van der Waals surface area contributed by atoms with E-state index in [1.807, 2.05) is 0 Å². The predicted molar refractivity (Wildman–Crippen MR) is 145 cm³/mol. The Bertz CT molecular complexity index is 1380. The normalized spacial score (nSPS) is 13.8. The minimum atomic E-state index is -0.609.